The molecule has 0 saturated carbocycles. The summed E-state index contributed by atoms with van der Waals surface area (Å²) in [7, 11) is 0. The van der Waals surface area contributed by atoms with Crippen LogP contribution in [0.15, 0.2) is 24.7 Å². The van der Waals surface area contributed by atoms with Crippen LogP contribution < -0.4 is 4.90 Å². The van der Waals surface area contributed by atoms with E-state index in [-0.39, 0.29) is 11.3 Å². The van der Waals surface area contributed by atoms with Crippen LogP contribution in [0.3, 0.4) is 0 Å². The Kier molecular flexibility index (Phi) is 4.50. The van der Waals surface area contributed by atoms with E-state index >= 15 is 0 Å². The molecule has 2 aromatic heterocycles. The highest BCUT2D eigenvalue weighted by atomic mass is 16.2. The van der Waals surface area contributed by atoms with Crippen LogP contribution in [0.4, 0.5) is 5.95 Å². The first-order chi connectivity index (χ1) is 13.7. The van der Waals surface area contributed by atoms with Crippen molar-refractivity contribution in [2.24, 2.45) is 0 Å². The van der Waals surface area contributed by atoms with Gasteiger partial charge in [-0.2, -0.15) is 5.10 Å². The molecule has 4 heterocycles. The minimum atomic E-state index is 0.100. The monoisotopic (exact) mass is 381 g/mol. The molecule has 1 atom stereocenters. The molecule has 2 aliphatic heterocycles. The number of likely N-dealkylation sites (tertiary alicyclic amines) is 1. The van der Waals surface area contributed by atoms with E-state index in [9.17, 15) is 4.79 Å². The Labute approximate surface area is 164 Å². The Morgan fingerprint density at radius 1 is 1.11 bits per heavy atom. The van der Waals surface area contributed by atoms with Gasteiger partial charge in [-0.1, -0.05) is 0 Å². The molecule has 0 aromatic carbocycles. The Morgan fingerprint density at radius 2 is 1.93 bits per heavy atom. The van der Waals surface area contributed by atoms with Gasteiger partial charge in [-0.15, -0.1) is 0 Å². The fourth-order valence-corrected chi connectivity index (χ4v) is 5.06. The Balaban J connectivity index is 1.18. The lowest BCUT2D eigenvalue weighted by Crippen LogP contribution is -2.53. The molecule has 1 unspecified atom stereocenters. The maximum Gasteiger partial charge on any atom is 0.236 e. The topological polar surface area (TPSA) is 81.2 Å². The molecule has 2 fully saturated rings. The molecule has 0 radical (unpaired) electrons. The van der Waals surface area contributed by atoms with E-state index in [2.05, 4.69) is 34.9 Å². The van der Waals surface area contributed by atoms with Crippen molar-refractivity contribution in [1.29, 1.82) is 0 Å². The van der Waals surface area contributed by atoms with E-state index in [0.29, 0.717) is 6.54 Å². The van der Waals surface area contributed by atoms with Crippen molar-refractivity contribution >= 4 is 11.9 Å². The average Bonchev–Trinajstić information content (AvgIpc) is 3.34. The number of nitrogens with one attached hydrogen (secondary N) is 1. The van der Waals surface area contributed by atoms with Gasteiger partial charge >= 0.3 is 0 Å². The zero-order valence-electron chi connectivity index (χ0n) is 16.2. The summed E-state index contributed by atoms with van der Waals surface area (Å²) in [5.41, 5.74) is 2.72. The second kappa shape index (κ2) is 7.16. The molecule has 8 nitrogen and oxygen atoms in total. The first-order valence-electron chi connectivity index (χ1n) is 10.3. The molecule has 1 spiro atoms. The smallest absolute Gasteiger partial charge is 0.236 e. The number of piperidine rings is 1. The lowest BCUT2D eigenvalue weighted by atomic mass is 9.77. The summed E-state index contributed by atoms with van der Waals surface area (Å²) in [4.78, 5) is 28.2. The number of aryl methyl sites for hydroxylation is 1. The number of anilines is 1. The predicted molar refractivity (Wildman–Crippen MR) is 105 cm³/mol. The van der Waals surface area contributed by atoms with Crippen LogP contribution in [0.2, 0.25) is 0 Å². The van der Waals surface area contributed by atoms with Gasteiger partial charge < -0.3 is 9.80 Å². The van der Waals surface area contributed by atoms with Crippen molar-refractivity contribution < 1.29 is 4.79 Å². The van der Waals surface area contributed by atoms with Gasteiger partial charge in [0.2, 0.25) is 11.9 Å². The van der Waals surface area contributed by atoms with E-state index < -0.39 is 0 Å². The molecule has 5 rings (SSSR count). The zero-order valence-corrected chi connectivity index (χ0v) is 16.2. The Hall–Kier alpha value is -2.48. The number of amides is 1. The van der Waals surface area contributed by atoms with Crippen molar-refractivity contribution in [3.63, 3.8) is 0 Å². The minimum absolute atomic E-state index is 0.100. The number of H-pyrrole nitrogens is 1. The quantitative estimate of drug-likeness (QED) is 0.848. The molecule has 2 aromatic rings. The number of aromatic amines is 1. The highest BCUT2D eigenvalue weighted by Crippen LogP contribution is 2.43. The van der Waals surface area contributed by atoms with Crippen LogP contribution >= 0.6 is 0 Å². The first kappa shape index (κ1) is 17.6. The van der Waals surface area contributed by atoms with E-state index in [0.717, 1.165) is 70.9 Å². The normalized spacial score (nSPS) is 25.3. The fraction of sp³-hybridized carbons (Fsp3) is 0.600. The third kappa shape index (κ3) is 3.15. The third-order valence-corrected chi connectivity index (χ3v) is 6.62. The van der Waals surface area contributed by atoms with Crippen LogP contribution in [0.1, 0.15) is 30.5 Å². The van der Waals surface area contributed by atoms with Gasteiger partial charge in [0.15, 0.2) is 0 Å². The zero-order chi connectivity index (χ0) is 19.0. The number of hydrogen-bond donors (Lipinski definition) is 1. The predicted octanol–water partition coefficient (Wildman–Crippen LogP) is 0.828. The summed E-state index contributed by atoms with van der Waals surface area (Å²) in [6.45, 7) is 5.68. The van der Waals surface area contributed by atoms with Crippen LogP contribution in [0.5, 0.6) is 0 Å². The van der Waals surface area contributed by atoms with E-state index in [1.165, 1.54) is 11.3 Å². The van der Waals surface area contributed by atoms with Gasteiger partial charge in [-0.05, 0) is 37.3 Å². The van der Waals surface area contributed by atoms with Gasteiger partial charge in [0.05, 0.1) is 12.7 Å². The summed E-state index contributed by atoms with van der Waals surface area (Å²) < 4.78 is 0. The van der Waals surface area contributed by atoms with Crippen molar-refractivity contribution in [3.05, 3.63) is 35.9 Å². The molecular weight excluding hydrogens is 354 g/mol. The lowest BCUT2D eigenvalue weighted by Gasteiger charge is -2.41. The molecule has 1 amide bonds. The van der Waals surface area contributed by atoms with Gasteiger partial charge in [0, 0.05) is 62.8 Å². The maximum absolute atomic E-state index is 13.0. The lowest BCUT2D eigenvalue weighted by molar-refractivity contribution is -0.134. The van der Waals surface area contributed by atoms with E-state index in [1.54, 1.807) is 12.4 Å². The number of carbonyl (C=O) groups is 1. The number of aromatic nitrogens is 4. The molecule has 28 heavy (non-hydrogen) atoms. The molecule has 1 aliphatic carbocycles. The van der Waals surface area contributed by atoms with Crippen LogP contribution in [-0.2, 0) is 16.6 Å². The summed E-state index contributed by atoms with van der Waals surface area (Å²) >= 11 is 0. The number of carbonyl (C=O) groups excluding carboxylic acids is 1. The number of nitrogens with zero attached hydrogens (tertiary/aromatic N) is 6. The second-order valence-electron chi connectivity index (χ2n) is 8.28. The van der Waals surface area contributed by atoms with Crippen molar-refractivity contribution in [3.8, 4) is 0 Å². The van der Waals surface area contributed by atoms with Gasteiger partial charge in [0.1, 0.15) is 0 Å². The summed E-state index contributed by atoms with van der Waals surface area (Å²) in [6.07, 6.45) is 9.95. The van der Waals surface area contributed by atoms with Gasteiger partial charge in [-0.3, -0.25) is 14.8 Å². The van der Waals surface area contributed by atoms with Crippen molar-refractivity contribution in [2.75, 3.05) is 50.7 Å². The average molecular weight is 381 g/mol. The second-order valence-corrected chi connectivity index (χ2v) is 8.28. The fourth-order valence-electron chi connectivity index (χ4n) is 5.06. The van der Waals surface area contributed by atoms with Crippen LogP contribution in [-0.4, -0.2) is 81.7 Å². The SMILES string of the molecule is O=C(CN1CCN(c2ncccn2)CC1)N1CCCC2(CCc3cn[nH]c32)C1. The van der Waals surface area contributed by atoms with Crippen molar-refractivity contribution in [2.45, 2.75) is 31.1 Å². The van der Waals surface area contributed by atoms with Crippen LogP contribution in [0.25, 0.3) is 0 Å². The summed E-state index contributed by atoms with van der Waals surface area (Å²) in [5.74, 6) is 1.04. The first-order valence-corrected chi connectivity index (χ1v) is 10.3. The Bertz CT molecular complexity index is 830. The van der Waals surface area contributed by atoms with Crippen molar-refractivity contribution in [1.82, 2.24) is 30.0 Å². The molecular formula is C20H27N7O. The Morgan fingerprint density at radius 3 is 2.75 bits per heavy atom. The number of rotatable bonds is 3. The summed E-state index contributed by atoms with van der Waals surface area (Å²) in [6, 6.07) is 1.83. The summed E-state index contributed by atoms with van der Waals surface area (Å²) in [5, 5.41) is 7.46. The third-order valence-electron chi connectivity index (χ3n) is 6.62. The van der Waals surface area contributed by atoms with E-state index in [1.807, 2.05) is 12.3 Å². The molecule has 3 aliphatic rings. The molecule has 8 heteroatoms. The standard InChI is InChI=1S/C20H27N7O/c28-17(14-25-9-11-26(12-10-25)19-21-6-2-7-22-19)27-8-1-4-20(15-27)5-3-16-13-23-24-18(16)20/h2,6-7,13H,1,3-5,8-12,14-15H2,(H,23,24). The van der Waals surface area contributed by atoms with Gasteiger partial charge in [0.25, 0.3) is 0 Å². The molecule has 0 bridgehead atoms. The highest BCUT2D eigenvalue weighted by Gasteiger charge is 2.44. The highest BCUT2D eigenvalue weighted by molar-refractivity contribution is 5.78. The molecule has 148 valence electrons. The minimum Gasteiger partial charge on any atom is -0.341 e. The van der Waals surface area contributed by atoms with Crippen LogP contribution in [0, 0.1) is 0 Å². The molecule has 2 saturated heterocycles. The number of fused-ring (bicyclic) bond motifs is 2. The van der Waals surface area contributed by atoms with Gasteiger partial charge in [-0.25, -0.2) is 9.97 Å². The number of hydrogen-bond acceptors (Lipinski definition) is 6. The number of piperazine rings is 1. The maximum atomic E-state index is 13.0. The van der Waals surface area contributed by atoms with E-state index in [4.69, 9.17) is 0 Å². The largest absolute Gasteiger partial charge is 0.341 e. The molecule has 1 N–H and O–H groups in total.